The van der Waals surface area contributed by atoms with Crippen molar-refractivity contribution >= 4 is 22.8 Å². The lowest BCUT2D eigenvalue weighted by molar-refractivity contribution is 0.104. The third-order valence-electron chi connectivity index (χ3n) is 6.03. The fourth-order valence-corrected chi connectivity index (χ4v) is 4.68. The molecule has 0 radical (unpaired) electrons. The molecule has 0 atom stereocenters. The van der Waals surface area contributed by atoms with Crippen molar-refractivity contribution in [3.8, 4) is 22.7 Å². The van der Waals surface area contributed by atoms with Gasteiger partial charge in [0.2, 0.25) is 0 Å². The van der Waals surface area contributed by atoms with Crippen LogP contribution < -0.4 is 4.74 Å². The smallest absolute Gasteiger partial charge is 0.188 e. The number of aliphatic hydroxyl groups is 1. The fraction of sp³-hybridized carbons (Fsp3) is 0.148. The summed E-state index contributed by atoms with van der Waals surface area (Å²) in [5.74, 6) is 0.569. The second-order valence-corrected chi connectivity index (χ2v) is 7.94. The molecule has 3 aromatic carbocycles. The molecule has 0 fully saturated rings. The van der Waals surface area contributed by atoms with Crippen LogP contribution >= 0.6 is 0 Å². The Morgan fingerprint density at radius 1 is 1.00 bits per heavy atom. The Hall–Kier alpha value is -3.63. The van der Waals surface area contributed by atoms with E-state index >= 15 is 0 Å². The summed E-state index contributed by atoms with van der Waals surface area (Å²) in [6.45, 7) is 3.95. The van der Waals surface area contributed by atoms with Crippen molar-refractivity contribution in [2.75, 3.05) is 7.11 Å². The molecule has 0 aliphatic heterocycles. The number of para-hydroxylation sites is 1. The largest absolute Gasteiger partial charge is 0.496 e. The molecule has 1 aliphatic carbocycles. The molecule has 1 heterocycles. The Morgan fingerprint density at radius 3 is 2.55 bits per heavy atom. The Balaban J connectivity index is 2.03. The van der Waals surface area contributed by atoms with Gasteiger partial charge in [0, 0.05) is 22.2 Å². The number of benzene rings is 3. The number of nitrogens with zero attached hydrogens (tertiary/aromatic N) is 1. The zero-order chi connectivity index (χ0) is 21.7. The van der Waals surface area contributed by atoms with Crippen LogP contribution in [-0.4, -0.2) is 22.6 Å². The highest BCUT2D eigenvalue weighted by molar-refractivity contribution is 6.24. The summed E-state index contributed by atoms with van der Waals surface area (Å²) >= 11 is 0. The van der Waals surface area contributed by atoms with Gasteiger partial charge in [-0.05, 0) is 54.8 Å². The van der Waals surface area contributed by atoms with Crippen molar-refractivity contribution in [1.29, 1.82) is 0 Å². The minimum atomic E-state index is -0.190. The number of allylic oxidation sites excluding steroid dienone is 1. The summed E-state index contributed by atoms with van der Waals surface area (Å²) in [5, 5.41) is 11.2. The van der Waals surface area contributed by atoms with E-state index in [2.05, 4.69) is 42.7 Å². The number of ether oxygens (including phenoxy) is 1. The van der Waals surface area contributed by atoms with Crippen LogP contribution in [0.15, 0.2) is 60.7 Å². The normalized spacial score (nSPS) is 12.6. The van der Waals surface area contributed by atoms with Gasteiger partial charge in [-0.15, -0.1) is 0 Å². The van der Waals surface area contributed by atoms with E-state index in [1.54, 1.807) is 13.2 Å². The van der Waals surface area contributed by atoms with Gasteiger partial charge in [0.25, 0.3) is 0 Å². The molecule has 4 heteroatoms. The summed E-state index contributed by atoms with van der Waals surface area (Å²) < 4.78 is 7.69. The first kappa shape index (κ1) is 19.3. The number of ketones is 1. The third-order valence-corrected chi connectivity index (χ3v) is 6.03. The van der Waals surface area contributed by atoms with E-state index < -0.39 is 0 Å². The standard InChI is InChI=1S/C27H23NO3/c1-16-13-18-11-12-23(30)26-25(18)22(14-16)28(21-9-5-4-7-17(21)2)27(26)19-8-6-10-24(31-3)20(19)15-29/h4-14,29H,15H2,1-3H3. The predicted octanol–water partition coefficient (Wildman–Crippen LogP) is 5.62. The van der Waals surface area contributed by atoms with Gasteiger partial charge in [-0.2, -0.15) is 0 Å². The Labute approximate surface area is 181 Å². The van der Waals surface area contributed by atoms with Crippen LogP contribution in [0.5, 0.6) is 5.75 Å². The van der Waals surface area contributed by atoms with Crippen molar-refractivity contribution in [1.82, 2.24) is 4.57 Å². The van der Waals surface area contributed by atoms with Gasteiger partial charge in [-0.3, -0.25) is 4.79 Å². The summed E-state index contributed by atoms with van der Waals surface area (Å²) in [6.07, 6.45) is 3.54. The first-order chi connectivity index (χ1) is 15.0. The molecule has 1 N–H and O–H groups in total. The second-order valence-electron chi connectivity index (χ2n) is 7.94. The molecule has 0 spiro atoms. The molecule has 1 aromatic heterocycles. The molecule has 0 amide bonds. The lowest BCUT2D eigenvalue weighted by atomic mass is 9.92. The van der Waals surface area contributed by atoms with Crippen molar-refractivity contribution < 1.29 is 14.6 Å². The molecule has 0 unspecified atom stereocenters. The van der Waals surface area contributed by atoms with E-state index in [1.807, 2.05) is 36.4 Å². The van der Waals surface area contributed by atoms with E-state index in [9.17, 15) is 9.90 Å². The molecular formula is C27H23NO3. The van der Waals surface area contributed by atoms with Crippen LogP contribution in [0.4, 0.5) is 0 Å². The number of carbonyl (C=O) groups is 1. The number of hydrogen-bond acceptors (Lipinski definition) is 3. The maximum atomic E-state index is 13.2. The maximum Gasteiger partial charge on any atom is 0.188 e. The average molecular weight is 409 g/mol. The van der Waals surface area contributed by atoms with Crippen LogP contribution in [0.1, 0.15) is 32.6 Å². The van der Waals surface area contributed by atoms with Gasteiger partial charge >= 0.3 is 0 Å². The van der Waals surface area contributed by atoms with E-state index in [-0.39, 0.29) is 12.4 Å². The van der Waals surface area contributed by atoms with Gasteiger partial charge in [-0.1, -0.05) is 42.5 Å². The minimum absolute atomic E-state index is 0.0320. The molecular weight excluding hydrogens is 386 g/mol. The fourth-order valence-electron chi connectivity index (χ4n) is 4.68. The summed E-state index contributed by atoms with van der Waals surface area (Å²) in [6, 6.07) is 18.1. The highest BCUT2D eigenvalue weighted by Crippen LogP contribution is 2.44. The lowest BCUT2D eigenvalue weighted by Crippen LogP contribution is -2.06. The first-order valence-corrected chi connectivity index (χ1v) is 10.3. The third kappa shape index (κ3) is 2.83. The maximum absolute atomic E-state index is 13.2. The molecule has 5 rings (SSSR count). The van der Waals surface area contributed by atoms with E-state index in [0.29, 0.717) is 16.9 Å². The molecule has 0 saturated carbocycles. The SMILES string of the molecule is COc1cccc(-c2c3c4c(cc(C)cc4n2-c2ccccc2C)C=CC3=O)c1CO. The molecule has 1 aliphatic rings. The summed E-state index contributed by atoms with van der Waals surface area (Å²) in [7, 11) is 1.59. The van der Waals surface area contributed by atoms with Gasteiger partial charge in [0.15, 0.2) is 5.78 Å². The van der Waals surface area contributed by atoms with Crippen molar-refractivity contribution in [3.63, 3.8) is 0 Å². The second kappa shape index (κ2) is 7.25. The van der Waals surface area contributed by atoms with Gasteiger partial charge in [0.05, 0.1) is 30.5 Å². The van der Waals surface area contributed by atoms with E-state index in [1.165, 1.54) is 0 Å². The van der Waals surface area contributed by atoms with E-state index in [0.717, 1.165) is 44.5 Å². The molecule has 31 heavy (non-hydrogen) atoms. The molecule has 154 valence electrons. The molecule has 0 saturated heterocycles. The Kier molecular flexibility index (Phi) is 4.53. The monoisotopic (exact) mass is 409 g/mol. The predicted molar refractivity (Wildman–Crippen MR) is 124 cm³/mol. The average Bonchev–Trinajstić information content (AvgIpc) is 3.11. The van der Waals surface area contributed by atoms with Gasteiger partial charge in [-0.25, -0.2) is 0 Å². The number of rotatable bonds is 4. The van der Waals surface area contributed by atoms with Crippen LogP contribution in [-0.2, 0) is 6.61 Å². The highest BCUT2D eigenvalue weighted by Gasteiger charge is 2.29. The van der Waals surface area contributed by atoms with Gasteiger partial charge < -0.3 is 14.4 Å². The van der Waals surface area contributed by atoms with Crippen LogP contribution in [0, 0.1) is 13.8 Å². The van der Waals surface area contributed by atoms with Crippen molar-refractivity contribution in [2.24, 2.45) is 0 Å². The number of aliphatic hydroxyl groups excluding tert-OH is 1. The van der Waals surface area contributed by atoms with E-state index in [4.69, 9.17) is 4.74 Å². The summed E-state index contributed by atoms with van der Waals surface area (Å²) in [5.41, 5.74) is 8.16. The molecule has 4 aromatic rings. The van der Waals surface area contributed by atoms with Crippen LogP contribution in [0.25, 0.3) is 33.9 Å². The number of methoxy groups -OCH3 is 1. The zero-order valence-corrected chi connectivity index (χ0v) is 17.8. The quantitative estimate of drug-likeness (QED) is 0.476. The Bertz CT molecular complexity index is 1390. The minimum Gasteiger partial charge on any atom is -0.496 e. The zero-order valence-electron chi connectivity index (χ0n) is 17.8. The molecule has 0 bridgehead atoms. The lowest BCUT2D eigenvalue weighted by Gasteiger charge is -2.18. The number of hydrogen-bond donors (Lipinski definition) is 1. The Morgan fingerprint density at radius 2 is 1.81 bits per heavy atom. The van der Waals surface area contributed by atoms with Crippen LogP contribution in [0.2, 0.25) is 0 Å². The molecule has 4 nitrogen and oxygen atoms in total. The number of aryl methyl sites for hydroxylation is 2. The number of carbonyl (C=O) groups excluding carboxylic acids is 1. The van der Waals surface area contributed by atoms with Crippen LogP contribution in [0.3, 0.4) is 0 Å². The van der Waals surface area contributed by atoms with Crippen molar-refractivity contribution in [2.45, 2.75) is 20.5 Å². The first-order valence-electron chi connectivity index (χ1n) is 10.3. The highest BCUT2D eigenvalue weighted by atomic mass is 16.5. The van der Waals surface area contributed by atoms with Gasteiger partial charge in [0.1, 0.15) is 5.75 Å². The topological polar surface area (TPSA) is 51.5 Å². The van der Waals surface area contributed by atoms with Crippen molar-refractivity contribution in [3.05, 3.63) is 88.5 Å². The summed E-state index contributed by atoms with van der Waals surface area (Å²) in [4.78, 5) is 13.2. The number of aromatic nitrogens is 1.